The second-order valence-corrected chi connectivity index (χ2v) is 8.70. The van der Waals surface area contributed by atoms with Crippen LogP contribution < -0.4 is 15.8 Å². The van der Waals surface area contributed by atoms with Crippen molar-refractivity contribution in [3.8, 4) is 5.75 Å². The summed E-state index contributed by atoms with van der Waals surface area (Å²) in [6.45, 7) is 0.663. The van der Waals surface area contributed by atoms with Gasteiger partial charge in [0.15, 0.2) is 15.8 Å². The molecule has 1 unspecified atom stereocenters. The third-order valence-electron chi connectivity index (χ3n) is 4.29. The highest BCUT2D eigenvalue weighted by atomic mass is 32.2. The minimum atomic E-state index is -3.24. The Bertz CT molecular complexity index is 960. The molecule has 0 bridgehead atoms. The molecule has 0 saturated carbocycles. The molecule has 0 spiro atoms. The molecule has 1 heterocycles. The molecule has 0 aromatic heterocycles. The summed E-state index contributed by atoms with van der Waals surface area (Å²) in [5.74, 6) is 0.418. The van der Waals surface area contributed by atoms with Gasteiger partial charge < -0.3 is 15.8 Å². The number of hydrogen-bond donors (Lipinski definition) is 2. The first-order valence-corrected chi connectivity index (χ1v) is 10.6. The zero-order chi connectivity index (χ0) is 19.4. The van der Waals surface area contributed by atoms with Crippen LogP contribution >= 0.6 is 0 Å². The van der Waals surface area contributed by atoms with Crippen LogP contribution in [0, 0.1) is 5.82 Å². The predicted molar refractivity (Wildman–Crippen MR) is 103 cm³/mol. The second kappa shape index (κ2) is 7.96. The van der Waals surface area contributed by atoms with Crippen molar-refractivity contribution in [3.63, 3.8) is 0 Å². The van der Waals surface area contributed by atoms with Gasteiger partial charge in [0.25, 0.3) is 0 Å². The van der Waals surface area contributed by atoms with E-state index >= 15 is 0 Å². The lowest BCUT2D eigenvalue weighted by molar-refractivity contribution is 0.262. The summed E-state index contributed by atoms with van der Waals surface area (Å²) >= 11 is 0. The van der Waals surface area contributed by atoms with Gasteiger partial charge >= 0.3 is 0 Å². The topological polar surface area (TPSA) is 93.8 Å². The number of nitrogens with one attached hydrogen (secondary N) is 1. The van der Waals surface area contributed by atoms with Crippen LogP contribution in [0.25, 0.3) is 0 Å². The lowest BCUT2D eigenvalue weighted by Crippen LogP contribution is -2.37. The molecule has 144 valence electrons. The maximum absolute atomic E-state index is 13.6. The smallest absolute Gasteiger partial charge is 0.189 e. The van der Waals surface area contributed by atoms with Crippen molar-refractivity contribution in [2.75, 3.05) is 12.9 Å². The molecule has 0 saturated heterocycles. The summed E-state index contributed by atoms with van der Waals surface area (Å²) in [4.78, 5) is 4.27. The van der Waals surface area contributed by atoms with Gasteiger partial charge in [0, 0.05) is 18.2 Å². The zero-order valence-electron chi connectivity index (χ0n) is 15.0. The van der Waals surface area contributed by atoms with E-state index in [2.05, 4.69) is 10.3 Å². The molecule has 0 radical (unpaired) electrons. The van der Waals surface area contributed by atoms with E-state index in [1.54, 1.807) is 0 Å². The first kappa shape index (κ1) is 19.2. The van der Waals surface area contributed by atoms with Crippen LogP contribution in [-0.4, -0.2) is 27.2 Å². The number of guanidine groups is 1. The zero-order valence-corrected chi connectivity index (χ0v) is 15.8. The number of benzene rings is 2. The van der Waals surface area contributed by atoms with Crippen molar-refractivity contribution in [1.82, 2.24) is 5.32 Å². The van der Waals surface area contributed by atoms with Crippen LogP contribution in [-0.2, 0) is 22.1 Å². The Morgan fingerprint density at radius 3 is 2.85 bits per heavy atom. The van der Waals surface area contributed by atoms with Gasteiger partial charge in [0.1, 0.15) is 11.6 Å². The van der Waals surface area contributed by atoms with Crippen molar-refractivity contribution >= 4 is 15.8 Å². The summed E-state index contributed by atoms with van der Waals surface area (Å²) in [6.07, 6.45) is 1.88. The van der Waals surface area contributed by atoms with E-state index in [1.807, 2.05) is 24.3 Å². The van der Waals surface area contributed by atoms with Crippen molar-refractivity contribution in [2.45, 2.75) is 24.8 Å². The SMILES string of the molecule is CS(=O)(=O)Cc1ccc(F)cc1CN=C(N)NC1CCOc2ccccc21. The average molecular weight is 391 g/mol. The summed E-state index contributed by atoms with van der Waals surface area (Å²) in [5, 5.41) is 3.16. The molecule has 27 heavy (non-hydrogen) atoms. The fourth-order valence-electron chi connectivity index (χ4n) is 3.05. The normalized spacial score (nSPS) is 17.1. The maximum atomic E-state index is 13.6. The van der Waals surface area contributed by atoms with Crippen LogP contribution in [0.4, 0.5) is 4.39 Å². The number of hydrogen-bond acceptors (Lipinski definition) is 4. The second-order valence-electron chi connectivity index (χ2n) is 6.56. The highest BCUT2D eigenvalue weighted by molar-refractivity contribution is 7.89. The summed E-state index contributed by atoms with van der Waals surface area (Å²) < 4.78 is 42.4. The van der Waals surface area contributed by atoms with E-state index < -0.39 is 15.7 Å². The number of para-hydroxylation sites is 1. The molecule has 0 aliphatic carbocycles. The van der Waals surface area contributed by atoms with E-state index in [4.69, 9.17) is 10.5 Å². The number of rotatable bonds is 5. The van der Waals surface area contributed by atoms with Crippen LogP contribution in [0.15, 0.2) is 47.5 Å². The molecule has 2 aromatic rings. The lowest BCUT2D eigenvalue weighted by atomic mass is 10.0. The Balaban J connectivity index is 1.74. The summed E-state index contributed by atoms with van der Waals surface area (Å²) in [5.41, 5.74) is 8.03. The molecule has 1 aliphatic rings. The monoisotopic (exact) mass is 391 g/mol. The van der Waals surface area contributed by atoms with Crippen molar-refractivity contribution in [2.24, 2.45) is 10.7 Å². The minimum Gasteiger partial charge on any atom is -0.493 e. The Labute approximate surface area is 158 Å². The molecule has 8 heteroatoms. The summed E-state index contributed by atoms with van der Waals surface area (Å²) in [6, 6.07) is 11.7. The molecule has 6 nitrogen and oxygen atoms in total. The van der Waals surface area contributed by atoms with Gasteiger partial charge in [0.05, 0.1) is 24.9 Å². The van der Waals surface area contributed by atoms with Crippen LogP contribution in [0.5, 0.6) is 5.75 Å². The number of nitrogens with two attached hydrogens (primary N) is 1. The van der Waals surface area contributed by atoms with Crippen molar-refractivity contribution < 1.29 is 17.5 Å². The minimum absolute atomic E-state index is 0.0262. The largest absolute Gasteiger partial charge is 0.493 e. The molecule has 0 fully saturated rings. The van der Waals surface area contributed by atoms with Gasteiger partial charge in [-0.1, -0.05) is 24.3 Å². The first-order chi connectivity index (χ1) is 12.8. The van der Waals surface area contributed by atoms with Gasteiger partial charge in [-0.25, -0.2) is 17.8 Å². The van der Waals surface area contributed by atoms with Crippen LogP contribution in [0.2, 0.25) is 0 Å². The first-order valence-electron chi connectivity index (χ1n) is 8.55. The number of aliphatic imine (C=N–C) groups is 1. The number of sulfone groups is 1. The lowest BCUT2D eigenvalue weighted by Gasteiger charge is -2.27. The molecule has 3 N–H and O–H groups in total. The Hall–Kier alpha value is -2.61. The van der Waals surface area contributed by atoms with E-state index in [0.29, 0.717) is 17.7 Å². The van der Waals surface area contributed by atoms with Gasteiger partial charge in [-0.2, -0.15) is 0 Å². The van der Waals surface area contributed by atoms with E-state index in [-0.39, 0.29) is 24.3 Å². The molecule has 1 atom stereocenters. The summed E-state index contributed by atoms with van der Waals surface area (Å²) in [7, 11) is -3.24. The highest BCUT2D eigenvalue weighted by Gasteiger charge is 2.21. The molecule has 2 aromatic carbocycles. The van der Waals surface area contributed by atoms with Gasteiger partial charge in [-0.05, 0) is 29.3 Å². The maximum Gasteiger partial charge on any atom is 0.189 e. The van der Waals surface area contributed by atoms with Crippen molar-refractivity contribution in [1.29, 1.82) is 0 Å². The van der Waals surface area contributed by atoms with Crippen LogP contribution in [0.1, 0.15) is 29.2 Å². The number of fused-ring (bicyclic) bond motifs is 1. The van der Waals surface area contributed by atoms with E-state index in [1.165, 1.54) is 18.2 Å². The van der Waals surface area contributed by atoms with Gasteiger partial charge in [0.2, 0.25) is 0 Å². The molecular formula is C19H22FN3O3S. The number of ether oxygens (including phenoxy) is 1. The fourth-order valence-corrected chi connectivity index (χ4v) is 3.90. The average Bonchev–Trinajstić information content (AvgIpc) is 2.61. The molecule has 0 amide bonds. The van der Waals surface area contributed by atoms with Gasteiger partial charge in [-0.15, -0.1) is 0 Å². The highest BCUT2D eigenvalue weighted by Crippen LogP contribution is 2.31. The Morgan fingerprint density at radius 2 is 2.07 bits per heavy atom. The number of nitrogens with zero attached hydrogens (tertiary/aromatic N) is 1. The third kappa shape index (κ3) is 5.19. The Morgan fingerprint density at radius 1 is 1.30 bits per heavy atom. The van der Waals surface area contributed by atoms with E-state index in [0.717, 1.165) is 24.0 Å². The van der Waals surface area contributed by atoms with Gasteiger partial charge in [-0.3, -0.25) is 0 Å². The quantitative estimate of drug-likeness (QED) is 0.603. The molecule has 3 rings (SSSR count). The molecule has 1 aliphatic heterocycles. The predicted octanol–water partition coefficient (Wildman–Crippen LogP) is 2.30. The Kier molecular flexibility index (Phi) is 5.65. The fraction of sp³-hybridized carbons (Fsp3) is 0.316. The van der Waals surface area contributed by atoms with Crippen LogP contribution in [0.3, 0.4) is 0 Å². The van der Waals surface area contributed by atoms with E-state index in [9.17, 15) is 12.8 Å². The van der Waals surface area contributed by atoms with Crippen molar-refractivity contribution in [3.05, 3.63) is 65.0 Å². The molecular weight excluding hydrogens is 369 g/mol. The third-order valence-corrected chi connectivity index (χ3v) is 5.12. The standard InChI is InChI=1S/C19H22FN3O3S/c1-27(24,25)12-13-6-7-15(20)10-14(13)11-22-19(21)23-17-8-9-26-18-5-3-2-4-16(17)18/h2-7,10,17H,8-9,11-12H2,1H3,(H3,21,22,23). The number of halogens is 1.